The minimum absolute atomic E-state index is 0.00380. The quantitative estimate of drug-likeness (QED) is 0.866. The van der Waals surface area contributed by atoms with Gasteiger partial charge in [-0.15, -0.1) is 0 Å². The van der Waals surface area contributed by atoms with Crippen LogP contribution in [0.25, 0.3) is 0 Å². The molecule has 0 bridgehead atoms. The van der Waals surface area contributed by atoms with Crippen molar-refractivity contribution in [1.82, 2.24) is 0 Å². The van der Waals surface area contributed by atoms with E-state index in [1.54, 1.807) is 24.3 Å². The summed E-state index contributed by atoms with van der Waals surface area (Å²) in [7, 11) is 0. The molecule has 0 aromatic heterocycles. The monoisotopic (exact) mass is 369 g/mol. The number of rotatable bonds is 4. The Kier molecular flexibility index (Phi) is 5.77. The summed E-state index contributed by atoms with van der Waals surface area (Å²) in [5, 5.41) is 12.5. The van der Waals surface area contributed by atoms with Crippen LogP contribution in [0.4, 0.5) is 11.4 Å². The van der Waals surface area contributed by atoms with Gasteiger partial charge in [0.05, 0.1) is 48.5 Å². The highest BCUT2D eigenvalue weighted by Crippen LogP contribution is 2.24. The Hall–Kier alpha value is -2.55. The number of benzene rings is 2. The summed E-state index contributed by atoms with van der Waals surface area (Å²) >= 11 is 6.29. The molecule has 2 aromatic rings. The Bertz CT molecular complexity index is 807. The Labute approximate surface area is 158 Å². The van der Waals surface area contributed by atoms with Gasteiger partial charge in [0.15, 0.2) is 6.04 Å². The van der Waals surface area contributed by atoms with Crippen molar-refractivity contribution in [1.29, 1.82) is 5.26 Å². The molecular weight excluding hydrogens is 348 g/mol. The maximum atomic E-state index is 12.5. The molecule has 1 aliphatic rings. The number of quaternary nitrogens is 1. The molecule has 0 spiro atoms. The molecule has 1 aliphatic heterocycles. The summed E-state index contributed by atoms with van der Waals surface area (Å²) in [6.45, 7) is 5.46. The zero-order valence-electron chi connectivity index (χ0n) is 14.7. The number of halogens is 1. The van der Waals surface area contributed by atoms with Crippen LogP contribution in [0.3, 0.4) is 0 Å². The summed E-state index contributed by atoms with van der Waals surface area (Å²) in [5.74, 6) is -0.00380. The standard InChI is InChI=1S/C20H21ClN4O/c1-15(20(26)23-17-8-6-16(14-22)7-9-17)24-10-12-25(13-11-24)19-5-3-2-4-18(19)21/h2-9,15H,10-13H2,1H3,(H,23,26)/p+1/t15-/m1/s1. The van der Waals surface area contributed by atoms with Crippen LogP contribution in [0.5, 0.6) is 0 Å². The fraction of sp³-hybridized carbons (Fsp3) is 0.300. The van der Waals surface area contributed by atoms with Crippen molar-refractivity contribution in [3.05, 3.63) is 59.1 Å². The molecule has 1 amide bonds. The van der Waals surface area contributed by atoms with Gasteiger partial charge in [-0.05, 0) is 43.3 Å². The number of nitriles is 1. The maximum absolute atomic E-state index is 12.5. The van der Waals surface area contributed by atoms with Crippen LogP contribution in [0, 0.1) is 11.3 Å². The van der Waals surface area contributed by atoms with E-state index < -0.39 is 0 Å². The van der Waals surface area contributed by atoms with Gasteiger partial charge in [0.2, 0.25) is 0 Å². The van der Waals surface area contributed by atoms with E-state index in [0.717, 1.165) is 42.6 Å². The fourth-order valence-electron chi connectivity index (χ4n) is 3.24. The molecule has 0 saturated carbocycles. The predicted molar refractivity (Wildman–Crippen MR) is 104 cm³/mol. The number of hydrogen-bond acceptors (Lipinski definition) is 3. The lowest BCUT2D eigenvalue weighted by atomic mass is 10.2. The van der Waals surface area contributed by atoms with Crippen molar-refractivity contribution in [2.75, 3.05) is 36.4 Å². The fourth-order valence-corrected chi connectivity index (χ4v) is 3.50. The zero-order valence-corrected chi connectivity index (χ0v) is 15.5. The number of piperazine rings is 1. The minimum atomic E-state index is -0.140. The van der Waals surface area contributed by atoms with Gasteiger partial charge in [-0.25, -0.2) is 0 Å². The molecule has 2 aromatic carbocycles. The molecule has 1 atom stereocenters. The van der Waals surface area contributed by atoms with Crippen LogP contribution in [-0.2, 0) is 4.79 Å². The topological polar surface area (TPSA) is 60.6 Å². The highest BCUT2D eigenvalue weighted by molar-refractivity contribution is 6.33. The lowest BCUT2D eigenvalue weighted by Crippen LogP contribution is -3.19. The third-order valence-electron chi connectivity index (χ3n) is 4.89. The second-order valence-corrected chi connectivity index (χ2v) is 6.90. The van der Waals surface area contributed by atoms with Gasteiger partial charge in [-0.3, -0.25) is 4.79 Å². The molecule has 1 fully saturated rings. The van der Waals surface area contributed by atoms with Crippen molar-refractivity contribution in [3.63, 3.8) is 0 Å². The maximum Gasteiger partial charge on any atom is 0.282 e. The molecule has 2 N–H and O–H groups in total. The van der Waals surface area contributed by atoms with E-state index in [-0.39, 0.29) is 11.9 Å². The molecule has 3 rings (SSSR count). The average molecular weight is 370 g/mol. The first-order valence-electron chi connectivity index (χ1n) is 8.73. The van der Waals surface area contributed by atoms with Gasteiger partial charge in [0, 0.05) is 5.69 Å². The minimum Gasteiger partial charge on any atom is -0.359 e. The number of nitrogens with zero attached hydrogens (tertiary/aromatic N) is 2. The zero-order chi connectivity index (χ0) is 18.5. The van der Waals surface area contributed by atoms with Crippen LogP contribution < -0.4 is 15.1 Å². The van der Waals surface area contributed by atoms with E-state index in [9.17, 15) is 4.79 Å². The molecular formula is C20H22ClN4O+. The van der Waals surface area contributed by atoms with E-state index in [1.165, 1.54) is 4.90 Å². The van der Waals surface area contributed by atoms with Gasteiger partial charge >= 0.3 is 0 Å². The second-order valence-electron chi connectivity index (χ2n) is 6.50. The highest BCUT2D eigenvalue weighted by Gasteiger charge is 2.29. The largest absolute Gasteiger partial charge is 0.359 e. The van der Waals surface area contributed by atoms with Crippen molar-refractivity contribution < 1.29 is 9.69 Å². The van der Waals surface area contributed by atoms with Gasteiger partial charge in [-0.1, -0.05) is 23.7 Å². The van der Waals surface area contributed by atoms with Crippen molar-refractivity contribution >= 4 is 28.9 Å². The van der Waals surface area contributed by atoms with E-state index in [4.69, 9.17) is 16.9 Å². The second kappa shape index (κ2) is 8.22. The first-order chi connectivity index (χ1) is 12.6. The molecule has 1 heterocycles. The van der Waals surface area contributed by atoms with Crippen molar-refractivity contribution in [2.45, 2.75) is 13.0 Å². The summed E-state index contributed by atoms with van der Waals surface area (Å²) in [5.41, 5.74) is 2.36. The lowest BCUT2D eigenvalue weighted by Gasteiger charge is -2.36. The SMILES string of the molecule is C[C@H](C(=O)Nc1ccc(C#N)cc1)[NH+]1CCN(c2ccccc2Cl)CC1. The summed E-state index contributed by atoms with van der Waals surface area (Å²) < 4.78 is 0. The third kappa shape index (κ3) is 4.16. The van der Waals surface area contributed by atoms with Crippen molar-refractivity contribution in [2.24, 2.45) is 0 Å². The first kappa shape index (κ1) is 18.2. The van der Waals surface area contributed by atoms with Gasteiger partial charge in [-0.2, -0.15) is 5.26 Å². The first-order valence-corrected chi connectivity index (χ1v) is 9.11. The Morgan fingerprint density at radius 3 is 2.46 bits per heavy atom. The Morgan fingerprint density at radius 1 is 1.19 bits per heavy atom. The van der Waals surface area contributed by atoms with Gasteiger partial charge in [0.25, 0.3) is 5.91 Å². The van der Waals surface area contributed by atoms with Crippen molar-refractivity contribution in [3.8, 4) is 6.07 Å². The molecule has 0 radical (unpaired) electrons. The van der Waals surface area contributed by atoms with Crippen LogP contribution >= 0.6 is 11.6 Å². The molecule has 0 aliphatic carbocycles. The van der Waals surface area contributed by atoms with E-state index in [1.807, 2.05) is 31.2 Å². The van der Waals surface area contributed by atoms with Crippen LogP contribution in [0.15, 0.2) is 48.5 Å². The number of carbonyl (C=O) groups is 1. The van der Waals surface area contributed by atoms with Crippen LogP contribution in [0.2, 0.25) is 5.02 Å². The number of carbonyl (C=O) groups excluding carboxylic acids is 1. The average Bonchev–Trinajstić information content (AvgIpc) is 2.68. The molecule has 1 saturated heterocycles. The normalized spacial score (nSPS) is 16.0. The molecule has 134 valence electrons. The summed E-state index contributed by atoms with van der Waals surface area (Å²) in [4.78, 5) is 16.1. The van der Waals surface area contributed by atoms with E-state index >= 15 is 0 Å². The van der Waals surface area contributed by atoms with Gasteiger partial charge < -0.3 is 15.1 Å². The Morgan fingerprint density at radius 2 is 1.85 bits per heavy atom. The number of hydrogen-bond donors (Lipinski definition) is 2. The van der Waals surface area contributed by atoms with Gasteiger partial charge in [0.1, 0.15) is 0 Å². The molecule has 5 nitrogen and oxygen atoms in total. The smallest absolute Gasteiger partial charge is 0.282 e. The number of nitrogens with one attached hydrogen (secondary N) is 2. The molecule has 26 heavy (non-hydrogen) atoms. The van der Waals surface area contributed by atoms with E-state index in [2.05, 4.69) is 16.3 Å². The summed E-state index contributed by atoms with van der Waals surface area (Å²) in [6.07, 6.45) is 0. The van der Waals surface area contributed by atoms with E-state index in [0.29, 0.717) is 5.56 Å². The highest BCUT2D eigenvalue weighted by atomic mass is 35.5. The molecule has 6 heteroatoms. The number of para-hydroxylation sites is 1. The summed E-state index contributed by atoms with van der Waals surface area (Å²) in [6, 6.07) is 16.7. The predicted octanol–water partition coefficient (Wildman–Crippen LogP) is 1.94. The number of anilines is 2. The number of amides is 1. The molecule has 0 unspecified atom stereocenters. The Balaban J connectivity index is 1.55. The van der Waals surface area contributed by atoms with Crippen LogP contribution in [-0.4, -0.2) is 38.1 Å². The van der Waals surface area contributed by atoms with Crippen LogP contribution in [0.1, 0.15) is 12.5 Å². The third-order valence-corrected chi connectivity index (χ3v) is 5.21. The lowest BCUT2D eigenvalue weighted by molar-refractivity contribution is -0.914.